The van der Waals surface area contributed by atoms with Crippen LogP contribution < -0.4 is 13.9 Å². The van der Waals surface area contributed by atoms with Crippen LogP contribution in [0.1, 0.15) is 0 Å². The Bertz CT molecular complexity index is 1570. The summed E-state index contributed by atoms with van der Waals surface area (Å²) < 4.78 is 9.39. The number of nitro groups is 2. The first-order valence-corrected chi connectivity index (χ1v) is 11.3. The summed E-state index contributed by atoms with van der Waals surface area (Å²) in [5, 5.41) is 22.5. The van der Waals surface area contributed by atoms with E-state index in [9.17, 15) is 20.2 Å². The first kappa shape index (κ1) is 23.3. The van der Waals surface area contributed by atoms with Crippen LogP contribution in [-0.2, 0) is 0 Å². The third-order valence-electron chi connectivity index (χ3n) is 5.75. The topological polar surface area (TPSA) is 103 Å². The number of rotatable bonds is 7. The molecule has 0 radical (unpaired) electrons. The van der Waals surface area contributed by atoms with E-state index in [-0.39, 0.29) is 17.1 Å². The number of nitro benzene ring substituents is 2. The first-order valence-electron chi connectivity index (χ1n) is 11.3. The summed E-state index contributed by atoms with van der Waals surface area (Å²) in [5.74, 6) is 1.53. The molecule has 0 aliphatic heterocycles. The molecule has 2 heterocycles. The highest BCUT2D eigenvalue weighted by molar-refractivity contribution is 5.61. The van der Waals surface area contributed by atoms with Crippen molar-refractivity contribution in [2.45, 2.75) is 0 Å². The van der Waals surface area contributed by atoms with Gasteiger partial charge >= 0.3 is 5.69 Å². The van der Waals surface area contributed by atoms with Gasteiger partial charge in [0, 0.05) is 48.5 Å². The SMILES string of the molecule is O=[N+]([O-])c1ccc(-[n+]2ccc(-c3cc[n+](-c4ccc(Oc5ccccc5)cc4)cc3)cc2)c([N+](=O)[O-])c1. The van der Waals surface area contributed by atoms with Crippen molar-refractivity contribution in [1.29, 1.82) is 0 Å². The minimum absolute atomic E-state index is 0.243. The molecule has 0 saturated heterocycles. The van der Waals surface area contributed by atoms with Crippen LogP contribution >= 0.6 is 0 Å². The van der Waals surface area contributed by atoms with Crippen LogP contribution in [0.5, 0.6) is 11.5 Å². The molecule has 37 heavy (non-hydrogen) atoms. The Morgan fingerprint density at radius 1 is 0.595 bits per heavy atom. The molecule has 0 bridgehead atoms. The van der Waals surface area contributed by atoms with E-state index in [2.05, 4.69) is 0 Å². The molecule has 0 spiro atoms. The normalized spacial score (nSPS) is 10.6. The molecule has 2 aromatic heterocycles. The van der Waals surface area contributed by atoms with Gasteiger partial charge in [-0.3, -0.25) is 20.2 Å². The van der Waals surface area contributed by atoms with E-state index in [1.165, 1.54) is 12.1 Å². The maximum absolute atomic E-state index is 11.5. The number of hydrogen-bond donors (Lipinski definition) is 0. The Kier molecular flexibility index (Phi) is 6.33. The highest BCUT2D eigenvalue weighted by atomic mass is 16.6. The lowest BCUT2D eigenvalue weighted by Crippen LogP contribution is -2.30. The molecule has 0 aliphatic carbocycles. The molecule has 0 fully saturated rings. The van der Waals surface area contributed by atoms with E-state index in [1.807, 2.05) is 95.8 Å². The van der Waals surface area contributed by atoms with Gasteiger partial charge in [-0.2, -0.15) is 9.13 Å². The fraction of sp³-hybridized carbons (Fsp3) is 0. The fourth-order valence-corrected chi connectivity index (χ4v) is 3.87. The summed E-state index contributed by atoms with van der Waals surface area (Å²) in [7, 11) is 0. The van der Waals surface area contributed by atoms with Crippen LogP contribution in [0.15, 0.2) is 122 Å². The van der Waals surface area contributed by atoms with Crippen LogP contribution in [-0.4, -0.2) is 9.85 Å². The lowest BCUT2D eigenvalue weighted by Gasteiger charge is -2.05. The predicted molar refractivity (Wildman–Crippen MR) is 135 cm³/mol. The van der Waals surface area contributed by atoms with Crippen LogP contribution in [0.25, 0.3) is 22.5 Å². The van der Waals surface area contributed by atoms with Gasteiger partial charge in [0.05, 0.1) is 9.85 Å². The number of aromatic nitrogens is 2. The molecule has 0 N–H and O–H groups in total. The van der Waals surface area contributed by atoms with Gasteiger partial charge in [-0.05, 0) is 35.4 Å². The summed E-state index contributed by atoms with van der Waals surface area (Å²) in [6.07, 6.45) is 7.28. The van der Waals surface area contributed by atoms with Crippen molar-refractivity contribution in [1.82, 2.24) is 0 Å². The summed E-state index contributed by atoms with van der Waals surface area (Å²) in [5.41, 5.74) is 2.43. The third-order valence-corrected chi connectivity index (χ3v) is 5.75. The highest BCUT2D eigenvalue weighted by Gasteiger charge is 2.26. The van der Waals surface area contributed by atoms with Gasteiger partial charge in [0.2, 0.25) is 5.69 Å². The molecule has 9 heteroatoms. The molecule has 5 aromatic rings. The predicted octanol–water partition coefficient (Wildman–Crippen LogP) is 5.52. The lowest BCUT2D eigenvalue weighted by atomic mass is 10.1. The molecule has 9 nitrogen and oxygen atoms in total. The number of ether oxygens (including phenoxy) is 1. The zero-order valence-corrected chi connectivity index (χ0v) is 19.4. The van der Waals surface area contributed by atoms with Gasteiger partial charge in [0.1, 0.15) is 17.6 Å². The third kappa shape index (κ3) is 5.15. The Morgan fingerprint density at radius 2 is 1.16 bits per heavy atom. The van der Waals surface area contributed by atoms with Gasteiger partial charge in [-0.15, -0.1) is 0 Å². The smallest absolute Gasteiger partial charge is 0.347 e. The highest BCUT2D eigenvalue weighted by Crippen LogP contribution is 2.25. The molecule has 0 amide bonds. The second kappa shape index (κ2) is 10.0. The number of nitrogens with zero attached hydrogens (tertiary/aromatic N) is 4. The summed E-state index contributed by atoms with van der Waals surface area (Å²) in [6, 6.07) is 28.6. The Morgan fingerprint density at radius 3 is 1.73 bits per heavy atom. The second-order valence-electron chi connectivity index (χ2n) is 8.08. The van der Waals surface area contributed by atoms with Gasteiger partial charge < -0.3 is 4.74 Å². The van der Waals surface area contributed by atoms with E-state index in [0.717, 1.165) is 34.4 Å². The van der Waals surface area contributed by atoms with Crippen LogP contribution in [0.3, 0.4) is 0 Å². The number of pyridine rings is 2. The second-order valence-corrected chi connectivity index (χ2v) is 8.08. The van der Waals surface area contributed by atoms with E-state index in [1.54, 1.807) is 17.0 Å². The zero-order valence-electron chi connectivity index (χ0n) is 19.4. The van der Waals surface area contributed by atoms with Gasteiger partial charge in [-0.1, -0.05) is 18.2 Å². The number of benzene rings is 3. The van der Waals surface area contributed by atoms with E-state index in [0.29, 0.717) is 0 Å². The fourth-order valence-electron chi connectivity index (χ4n) is 3.87. The van der Waals surface area contributed by atoms with Crippen molar-refractivity contribution < 1.29 is 23.7 Å². The number of hydrogen-bond acceptors (Lipinski definition) is 5. The average molecular weight is 492 g/mol. The molecule has 0 saturated carbocycles. The monoisotopic (exact) mass is 492 g/mol. The Hall–Kier alpha value is -5.44. The lowest BCUT2D eigenvalue weighted by molar-refractivity contribution is -0.600. The minimum atomic E-state index is -0.654. The van der Waals surface area contributed by atoms with Crippen LogP contribution in [0.2, 0.25) is 0 Å². The Balaban J connectivity index is 1.33. The van der Waals surface area contributed by atoms with Crippen LogP contribution in [0, 0.1) is 20.2 Å². The number of non-ortho nitro benzene ring substituents is 1. The minimum Gasteiger partial charge on any atom is -0.457 e. The van der Waals surface area contributed by atoms with Gasteiger partial charge in [0.15, 0.2) is 24.8 Å². The van der Waals surface area contributed by atoms with Crippen LogP contribution in [0.4, 0.5) is 11.4 Å². The first-order chi connectivity index (χ1) is 18.0. The Labute approximate surface area is 211 Å². The van der Waals surface area contributed by atoms with Crippen molar-refractivity contribution in [2.24, 2.45) is 0 Å². The standard InChI is InChI=1S/C28H20N4O5/c33-31(34)24-8-11-27(28(20-24)32(35)36)30-18-14-22(15-19-30)21-12-16-29(17-13-21)23-6-9-26(10-7-23)37-25-4-2-1-3-5-25/h1-20H/q+2. The summed E-state index contributed by atoms with van der Waals surface area (Å²) in [6.45, 7) is 0. The van der Waals surface area contributed by atoms with Crippen molar-refractivity contribution in [2.75, 3.05) is 0 Å². The maximum Gasteiger partial charge on any atom is 0.347 e. The van der Waals surface area contributed by atoms with Crippen molar-refractivity contribution in [3.8, 4) is 34.0 Å². The molecular formula is C28H20N4O5+2. The van der Waals surface area contributed by atoms with E-state index < -0.39 is 9.85 Å². The molecule has 0 atom stereocenters. The van der Waals surface area contributed by atoms with Gasteiger partial charge in [0.25, 0.3) is 11.4 Å². The number of para-hydroxylation sites is 1. The van der Waals surface area contributed by atoms with Gasteiger partial charge in [-0.25, -0.2) is 0 Å². The molecule has 3 aromatic carbocycles. The molecular weight excluding hydrogens is 472 g/mol. The maximum atomic E-state index is 11.5. The molecule has 180 valence electrons. The van der Waals surface area contributed by atoms with Crippen molar-refractivity contribution in [3.63, 3.8) is 0 Å². The molecule has 0 aliphatic rings. The zero-order chi connectivity index (χ0) is 25.8. The molecule has 5 rings (SSSR count). The van der Waals surface area contributed by atoms with Crippen molar-refractivity contribution >= 4 is 11.4 Å². The van der Waals surface area contributed by atoms with E-state index >= 15 is 0 Å². The summed E-state index contributed by atoms with van der Waals surface area (Å²) >= 11 is 0. The summed E-state index contributed by atoms with van der Waals surface area (Å²) in [4.78, 5) is 21.2. The van der Waals surface area contributed by atoms with E-state index in [4.69, 9.17) is 4.74 Å². The largest absolute Gasteiger partial charge is 0.457 e. The average Bonchev–Trinajstić information content (AvgIpc) is 2.94. The molecule has 0 unspecified atom stereocenters. The quantitative estimate of drug-likeness (QED) is 0.169. The van der Waals surface area contributed by atoms with Crippen molar-refractivity contribution in [3.05, 3.63) is 142 Å².